The normalized spacial score (nSPS) is 10.3. The van der Waals surface area contributed by atoms with E-state index in [1.54, 1.807) is 7.11 Å². The van der Waals surface area contributed by atoms with E-state index in [0.717, 1.165) is 21.9 Å². The van der Waals surface area contributed by atoms with Gasteiger partial charge in [0.15, 0.2) is 5.16 Å². The van der Waals surface area contributed by atoms with Crippen molar-refractivity contribution in [3.63, 3.8) is 0 Å². The molecule has 5 heteroatoms. The largest absolute Gasteiger partial charge is 0.497 e. The number of nitrogens with zero attached hydrogens (tertiary/aromatic N) is 3. The highest BCUT2D eigenvalue weighted by atomic mass is 32.2. The molecule has 0 atom stereocenters. The summed E-state index contributed by atoms with van der Waals surface area (Å²) in [7, 11) is 3.58. The van der Waals surface area contributed by atoms with Crippen molar-refractivity contribution in [1.82, 2.24) is 9.55 Å². The van der Waals surface area contributed by atoms with Crippen molar-refractivity contribution in [2.24, 2.45) is 7.05 Å². The monoisotopic (exact) mass is 233 g/mol. The molecule has 0 aliphatic heterocycles. The number of fused-ring (bicyclic) bond motifs is 1. The van der Waals surface area contributed by atoms with Gasteiger partial charge in [-0.1, -0.05) is 11.8 Å². The molecular weight excluding hydrogens is 222 g/mol. The number of nitriles is 1. The Labute approximate surface area is 97.8 Å². The van der Waals surface area contributed by atoms with Crippen molar-refractivity contribution in [1.29, 1.82) is 5.26 Å². The van der Waals surface area contributed by atoms with E-state index in [1.165, 1.54) is 11.8 Å². The Morgan fingerprint density at radius 2 is 2.38 bits per heavy atom. The molecule has 0 bridgehead atoms. The molecule has 1 aromatic carbocycles. The number of hydrogen-bond donors (Lipinski definition) is 0. The molecule has 4 nitrogen and oxygen atoms in total. The van der Waals surface area contributed by atoms with E-state index in [-0.39, 0.29) is 0 Å². The van der Waals surface area contributed by atoms with E-state index in [2.05, 4.69) is 11.1 Å². The van der Waals surface area contributed by atoms with Crippen LogP contribution in [0.15, 0.2) is 23.4 Å². The highest BCUT2D eigenvalue weighted by molar-refractivity contribution is 7.99. The van der Waals surface area contributed by atoms with E-state index in [9.17, 15) is 0 Å². The van der Waals surface area contributed by atoms with Gasteiger partial charge in [0.2, 0.25) is 0 Å². The summed E-state index contributed by atoms with van der Waals surface area (Å²) in [5.41, 5.74) is 1.93. The highest BCUT2D eigenvalue weighted by Gasteiger charge is 2.08. The molecule has 0 amide bonds. The molecule has 16 heavy (non-hydrogen) atoms. The lowest BCUT2D eigenvalue weighted by atomic mass is 10.3. The quantitative estimate of drug-likeness (QED) is 0.762. The number of ether oxygens (including phenoxy) is 1. The molecule has 0 fully saturated rings. The van der Waals surface area contributed by atoms with Crippen LogP contribution in [0, 0.1) is 11.3 Å². The Hall–Kier alpha value is -1.67. The number of benzene rings is 1. The number of methoxy groups -OCH3 is 1. The predicted molar refractivity (Wildman–Crippen MR) is 63.6 cm³/mol. The number of imidazole rings is 1. The summed E-state index contributed by atoms with van der Waals surface area (Å²) >= 11 is 1.44. The zero-order valence-electron chi connectivity index (χ0n) is 9.10. The van der Waals surface area contributed by atoms with Crippen molar-refractivity contribution in [3.05, 3.63) is 18.2 Å². The molecule has 0 aliphatic rings. The molecule has 2 rings (SSSR count). The SMILES string of the molecule is COc1ccc2c(c1)nc(SCC#N)n2C. The Balaban J connectivity index is 2.46. The molecule has 82 valence electrons. The van der Waals surface area contributed by atoms with Gasteiger partial charge in [0.05, 0.1) is 30.0 Å². The molecular formula is C11H11N3OS. The van der Waals surface area contributed by atoms with Gasteiger partial charge in [0.25, 0.3) is 0 Å². The number of thioether (sulfide) groups is 1. The first kappa shape index (κ1) is 10.8. The lowest BCUT2D eigenvalue weighted by Gasteiger charge is -2.00. The summed E-state index contributed by atoms with van der Waals surface area (Å²) in [5.74, 6) is 1.20. The maximum atomic E-state index is 8.55. The van der Waals surface area contributed by atoms with E-state index < -0.39 is 0 Å². The Kier molecular flexibility index (Phi) is 3.02. The van der Waals surface area contributed by atoms with E-state index in [4.69, 9.17) is 10.00 Å². The summed E-state index contributed by atoms with van der Waals surface area (Å²) in [4.78, 5) is 4.45. The zero-order chi connectivity index (χ0) is 11.5. The molecule has 2 aromatic rings. The predicted octanol–water partition coefficient (Wildman–Crippen LogP) is 2.20. The van der Waals surface area contributed by atoms with Crippen LogP contribution in [-0.4, -0.2) is 22.4 Å². The van der Waals surface area contributed by atoms with Crippen molar-refractivity contribution >= 4 is 22.8 Å². The van der Waals surface area contributed by atoms with Crippen LogP contribution in [0.5, 0.6) is 5.75 Å². The fraction of sp³-hybridized carbons (Fsp3) is 0.273. The van der Waals surface area contributed by atoms with Gasteiger partial charge >= 0.3 is 0 Å². The second-order valence-electron chi connectivity index (χ2n) is 3.25. The molecule has 0 aliphatic carbocycles. The van der Waals surface area contributed by atoms with Crippen molar-refractivity contribution in [3.8, 4) is 11.8 Å². The number of aryl methyl sites for hydroxylation is 1. The van der Waals surface area contributed by atoms with Gasteiger partial charge in [0, 0.05) is 13.1 Å². The van der Waals surface area contributed by atoms with Crippen LogP contribution >= 0.6 is 11.8 Å². The summed E-state index contributed by atoms with van der Waals surface area (Å²) in [6, 6.07) is 7.87. The third kappa shape index (κ3) is 1.84. The summed E-state index contributed by atoms with van der Waals surface area (Å²) in [6.45, 7) is 0. The van der Waals surface area contributed by atoms with Crippen LogP contribution in [0.4, 0.5) is 0 Å². The second-order valence-corrected chi connectivity index (χ2v) is 4.20. The first-order valence-corrected chi connectivity index (χ1v) is 5.75. The van der Waals surface area contributed by atoms with Crippen molar-refractivity contribution < 1.29 is 4.74 Å². The van der Waals surface area contributed by atoms with E-state index in [1.807, 2.05) is 29.8 Å². The van der Waals surface area contributed by atoms with Crippen LogP contribution in [-0.2, 0) is 7.05 Å². The Bertz CT molecular complexity index is 556. The molecule has 1 heterocycles. The smallest absolute Gasteiger partial charge is 0.169 e. The average molecular weight is 233 g/mol. The zero-order valence-corrected chi connectivity index (χ0v) is 9.91. The van der Waals surface area contributed by atoms with Crippen LogP contribution in [0.25, 0.3) is 11.0 Å². The molecule has 0 spiro atoms. The van der Waals surface area contributed by atoms with Gasteiger partial charge in [-0.15, -0.1) is 0 Å². The first-order chi connectivity index (χ1) is 7.76. The van der Waals surface area contributed by atoms with Crippen molar-refractivity contribution in [2.45, 2.75) is 5.16 Å². The van der Waals surface area contributed by atoms with Gasteiger partial charge in [-0.05, 0) is 12.1 Å². The van der Waals surface area contributed by atoms with Gasteiger partial charge in [0.1, 0.15) is 5.75 Å². The number of hydrogen-bond acceptors (Lipinski definition) is 4. The third-order valence-electron chi connectivity index (χ3n) is 2.31. The minimum Gasteiger partial charge on any atom is -0.497 e. The standard InChI is InChI=1S/C11H11N3OS/c1-14-10-4-3-8(15-2)7-9(10)13-11(14)16-6-5-12/h3-4,7H,6H2,1-2H3. The minimum absolute atomic E-state index is 0.411. The number of aromatic nitrogens is 2. The average Bonchev–Trinajstić information content (AvgIpc) is 2.63. The minimum atomic E-state index is 0.411. The van der Waals surface area contributed by atoms with Gasteiger partial charge in [-0.3, -0.25) is 0 Å². The van der Waals surface area contributed by atoms with E-state index >= 15 is 0 Å². The first-order valence-electron chi connectivity index (χ1n) is 4.76. The Morgan fingerprint density at radius 1 is 1.56 bits per heavy atom. The van der Waals surface area contributed by atoms with Crippen molar-refractivity contribution in [2.75, 3.05) is 12.9 Å². The van der Waals surface area contributed by atoms with Gasteiger partial charge in [-0.25, -0.2) is 4.98 Å². The third-order valence-corrected chi connectivity index (χ3v) is 3.21. The Morgan fingerprint density at radius 3 is 3.06 bits per heavy atom. The topological polar surface area (TPSA) is 50.8 Å². The molecule has 0 saturated carbocycles. The lowest BCUT2D eigenvalue weighted by Crippen LogP contribution is -1.90. The maximum absolute atomic E-state index is 8.55. The van der Waals surface area contributed by atoms with Crippen LogP contribution in [0.2, 0.25) is 0 Å². The van der Waals surface area contributed by atoms with Crippen LogP contribution in [0.3, 0.4) is 0 Å². The van der Waals surface area contributed by atoms with Gasteiger partial charge < -0.3 is 9.30 Å². The molecule has 0 unspecified atom stereocenters. The molecule has 0 saturated heterocycles. The maximum Gasteiger partial charge on any atom is 0.169 e. The molecule has 0 radical (unpaired) electrons. The van der Waals surface area contributed by atoms with Gasteiger partial charge in [-0.2, -0.15) is 5.26 Å². The summed E-state index contributed by atoms with van der Waals surface area (Å²) < 4.78 is 7.13. The molecule has 1 aromatic heterocycles. The highest BCUT2D eigenvalue weighted by Crippen LogP contribution is 2.25. The summed E-state index contributed by atoms with van der Waals surface area (Å²) in [6.07, 6.45) is 0. The van der Waals surface area contributed by atoms with E-state index in [0.29, 0.717) is 5.75 Å². The van der Waals surface area contributed by atoms with Crippen LogP contribution < -0.4 is 4.74 Å². The van der Waals surface area contributed by atoms with Crippen LogP contribution in [0.1, 0.15) is 0 Å². The fourth-order valence-electron chi connectivity index (χ4n) is 1.51. The second kappa shape index (κ2) is 4.45. The summed E-state index contributed by atoms with van der Waals surface area (Å²) in [5, 5.41) is 9.40. The lowest BCUT2D eigenvalue weighted by molar-refractivity contribution is 0.415. The fourth-order valence-corrected chi connectivity index (χ4v) is 2.16. The number of rotatable bonds is 3. The molecule has 0 N–H and O–H groups in total.